The molecule has 0 aromatic heterocycles. The van der Waals surface area contributed by atoms with Crippen molar-refractivity contribution in [2.75, 3.05) is 33.2 Å². The zero-order valence-corrected chi connectivity index (χ0v) is 13.8. The van der Waals surface area contributed by atoms with Crippen LogP contribution in [0, 0.1) is 5.82 Å². The molecule has 0 amide bonds. The third kappa shape index (κ3) is 3.92. The Morgan fingerprint density at radius 1 is 1.48 bits per heavy atom. The SMILES string of the molecule is CCN(C)S(=O)(=O)N1CCNCC1c1cccc(F)c1.Cl. The summed E-state index contributed by atoms with van der Waals surface area (Å²) in [6, 6.07) is 5.74. The Kier molecular flexibility index (Phi) is 6.55. The van der Waals surface area contributed by atoms with Gasteiger partial charge in [0.2, 0.25) is 0 Å². The van der Waals surface area contributed by atoms with Crippen molar-refractivity contribution < 1.29 is 12.8 Å². The van der Waals surface area contributed by atoms with Crippen LogP contribution >= 0.6 is 12.4 Å². The molecule has 1 aromatic carbocycles. The van der Waals surface area contributed by atoms with Gasteiger partial charge in [0.15, 0.2) is 0 Å². The smallest absolute Gasteiger partial charge is 0.282 e. The van der Waals surface area contributed by atoms with Crippen molar-refractivity contribution >= 4 is 22.6 Å². The van der Waals surface area contributed by atoms with Crippen molar-refractivity contribution in [1.82, 2.24) is 13.9 Å². The molecule has 1 aliphatic heterocycles. The van der Waals surface area contributed by atoms with Gasteiger partial charge in [-0.3, -0.25) is 0 Å². The van der Waals surface area contributed by atoms with Crippen molar-refractivity contribution in [3.63, 3.8) is 0 Å². The van der Waals surface area contributed by atoms with E-state index in [0.717, 1.165) is 0 Å². The lowest BCUT2D eigenvalue weighted by atomic mass is 10.1. The van der Waals surface area contributed by atoms with Gasteiger partial charge in [0.25, 0.3) is 10.2 Å². The van der Waals surface area contributed by atoms with Crippen LogP contribution in [-0.4, -0.2) is 50.3 Å². The molecular formula is C13H21ClFN3O2S. The molecular weight excluding hydrogens is 317 g/mol. The van der Waals surface area contributed by atoms with Gasteiger partial charge < -0.3 is 5.32 Å². The molecule has 0 aliphatic carbocycles. The summed E-state index contributed by atoms with van der Waals surface area (Å²) in [4.78, 5) is 0. The molecule has 1 aromatic rings. The van der Waals surface area contributed by atoms with E-state index < -0.39 is 10.2 Å². The molecule has 21 heavy (non-hydrogen) atoms. The molecule has 5 nitrogen and oxygen atoms in total. The summed E-state index contributed by atoms with van der Waals surface area (Å²) in [5.41, 5.74) is 0.672. The number of hydrogen-bond acceptors (Lipinski definition) is 3. The van der Waals surface area contributed by atoms with E-state index in [1.165, 1.54) is 20.7 Å². The van der Waals surface area contributed by atoms with Crippen LogP contribution in [0.5, 0.6) is 0 Å². The highest BCUT2D eigenvalue weighted by molar-refractivity contribution is 7.86. The molecule has 1 atom stereocenters. The maximum atomic E-state index is 13.4. The molecule has 1 unspecified atom stereocenters. The zero-order chi connectivity index (χ0) is 14.8. The first kappa shape index (κ1) is 18.3. The van der Waals surface area contributed by atoms with Gasteiger partial charge in [0.1, 0.15) is 5.82 Å². The van der Waals surface area contributed by atoms with Gasteiger partial charge in [0.05, 0.1) is 6.04 Å². The van der Waals surface area contributed by atoms with Crippen LogP contribution in [-0.2, 0) is 10.2 Å². The van der Waals surface area contributed by atoms with Gasteiger partial charge in [-0.2, -0.15) is 17.0 Å². The molecule has 1 N–H and O–H groups in total. The molecule has 1 aliphatic rings. The monoisotopic (exact) mass is 337 g/mol. The maximum Gasteiger partial charge on any atom is 0.282 e. The molecule has 1 heterocycles. The minimum absolute atomic E-state index is 0. The highest BCUT2D eigenvalue weighted by Crippen LogP contribution is 2.26. The quantitative estimate of drug-likeness (QED) is 0.903. The van der Waals surface area contributed by atoms with Crippen LogP contribution in [0.2, 0.25) is 0 Å². The molecule has 0 spiro atoms. The Bertz CT molecular complexity index is 570. The molecule has 0 radical (unpaired) electrons. The van der Waals surface area contributed by atoms with Crippen molar-refractivity contribution in [3.8, 4) is 0 Å². The Hall–Kier alpha value is -0.730. The number of benzene rings is 1. The Balaban J connectivity index is 0.00000220. The highest BCUT2D eigenvalue weighted by Gasteiger charge is 2.35. The lowest BCUT2D eigenvalue weighted by molar-refractivity contribution is 0.253. The summed E-state index contributed by atoms with van der Waals surface area (Å²) in [6.45, 7) is 3.66. The minimum Gasteiger partial charge on any atom is -0.313 e. The zero-order valence-electron chi connectivity index (χ0n) is 12.1. The van der Waals surface area contributed by atoms with E-state index in [4.69, 9.17) is 0 Å². The molecule has 1 fully saturated rings. The summed E-state index contributed by atoms with van der Waals surface area (Å²) in [6.07, 6.45) is 0. The van der Waals surface area contributed by atoms with Crippen molar-refractivity contribution in [2.24, 2.45) is 0 Å². The molecule has 8 heteroatoms. The van der Waals surface area contributed by atoms with Crippen LogP contribution in [0.15, 0.2) is 24.3 Å². The predicted molar refractivity (Wildman–Crippen MR) is 83.2 cm³/mol. The standard InChI is InChI=1S/C13H20FN3O2S.ClH/c1-3-16(2)20(18,19)17-8-7-15-10-13(17)11-5-4-6-12(14)9-11;/h4-6,9,13,15H,3,7-8,10H2,1-2H3;1H. The number of halogens is 2. The van der Waals surface area contributed by atoms with Crippen LogP contribution in [0.1, 0.15) is 18.5 Å². The van der Waals surface area contributed by atoms with Crippen LogP contribution in [0.4, 0.5) is 4.39 Å². The predicted octanol–water partition coefficient (Wildman–Crippen LogP) is 1.39. The van der Waals surface area contributed by atoms with Crippen LogP contribution < -0.4 is 5.32 Å². The van der Waals surface area contributed by atoms with Gasteiger partial charge in [-0.05, 0) is 17.7 Å². The third-order valence-electron chi connectivity index (χ3n) is 3.56. The topological polar surface area (TPSA) is 52.7 Å². The summed E-state index contributed by atoms with van der Waals surface area (Å²) in [7, 11) is -1.96. The van der Waals surface area contributed by atoms with E-state index in [-0.39, 0.29) is 24.3 Å². The fourth-order valence-electron chi connectivity index (χ4n) is 2.30. The second kappa shape index (κ2) is 7.51. The number of hydrogen-bond donors (Lipinski definition) is 1. The van der Waals surface area contributed by atoms with Gasteiger partial charge >= 0.3 is 0 Å². The van der Waals surface area contributed by atoms with E-state index in [2.05, 4.69) is 5.32 Å². The Labute approximate surface area is 131 Å². The van der Waals surface area contributed by atoms with Gasteiger partial charge in [0, 0.05) is 33.2 Å². The van der Waals surface area contributed by atoms with Crippen molar-refractivity contribution in [1.29, 1.82) is 0 Å². The van der Waals surface area contributed by atoms with Crippen molar-refractivity contribution in [2.45, 2.75) is 13.0 Å². The van der Waals surface area contributed by atoms with E-state index in [9.17, 15) is 12.8 Å². The third-order valence-corrected chi connectivity index (χ3v) is 5.64. The normalized spacial score (nSPS) is 20.3. The Morgan fingerprint density at radius 2 is 2.19 bits per heavy atom. The van der Waals surface area contributed by atoms with Crippen LogP contribution in [0.3, 0.4) is 0 Å². The second-order valence-electron chi connectivity index (χ2n) is 4.81. The number of rotatable bonds is 4. The molecule has 120 valence electrons. The van der Waals surface area contributed by atoms with Gasteiger partial charge in [-0.15, -0.1) is 12.4 Å². The van der Waals surface area contributed by atoms with E-state index in [0.29, 0.717) is 31.7 Å². The summed E-state index contributed by atoms with van der Waals surface area (Å²) in [5.74, 6) is -0.353. The molecule has 1 saturated heterocycles. The van der Waals surface area contributed by atoms with Crippen LogP contribution in [0.25, 0.3) is 0 Å². The first-order chi connectivity index (χ1) is 9.46. The largest absolute Gasteiger partial charge is 0.313 e. The van der Waals surface area contributed by atoms with E-state index in [1.807, 2.05) is 0 Å². The second-order valence-corrected chi connectivity index (χ2v) is 6.80. The van der Waals surface area contributed by atoms with Crippen molar-refractivity contribution in [3.05, 3.63) is 35.6 Å². The number of nitrogens with zero attached hydrogens (tertiary/aromatic N) is 2. The summed E-state index contributed by atoms with van der Waals surface area (Å²) >= 11 is 0. The molecule has 0 bridgehead atoms. The highest BCUT2D eigenvalue weighted by atomic mass is 35.5. The first-order valence-electron chi connectivity index (χ1n) is 6.66. The first-order valence-corrected chi connectivity index (χ1v) is 8.05. The lowest BCUT2D eigenvalue weighted by Crippen LogP contribution is -2.52. The average Bonchev–Trinajstić information content (AvgIpc) is 2.46. The summed E-state index contributed by atoms with van der Waals surface area (Å²) in [5, 5.41) is 3.16. The van der Waals surface area contributed by atoms with E-state index >= 15 is 0 Å². The summed E-state index contributed by atoms with van der Waals surface area (Å²) < 4.78 is 41.2. The molecule has 0 saturated carbocycles. The fraction of sp³-hybridized carbons (Fsp3) is 0.538. The van der Waals surface area contributed by atoms with Gasteiger partial charge in [-0.25, -0.2) is 4.39 Å². The average molecular weight is 338 g/mol. The van der Waals surface area contributed by atoms with E-state index in [1.54, 1.807) is 26.1 Å². The minimum atomic E-state index is -3.52. The van der Waals surface area contributed by atoms with Gasteiger partial charge in [-0.1, -0.05) is 19.1 Å². The number of nitrogens with one attached hydrogen (secondary N) is 1. The Morgan fingerprint density at radius 3 is 2.81 bits per heavy atom. The fourth-order valence-corrected chi connectivity index (χ4v) is 3.83. The maximum absolute atomic E-state index is 13.4. The molecule has 2 rings (SSSR count). The lowest BCUT2D eigenvalue weighted by Gasteiger charge is -2.37. The number of piperazine rings is 1.